The minimum atomic E-state index is 0.540. The lowest BCUT2D eigenvalue weighted by molar-refractivity contribution is 0.120. The van der Waals surface area contributed by atoms with Crippen LogP contribution in [0.3, 0.4) is 0 Å². The standard InChI is InChI=1S/C6H12NO/c1-4-7-8-5-6(2)3/h4,6H,1,5H2,2-3H3/b7-4+. The molecule has 0 aliphatic carbocycles. The van der Waals surface area contributed by atoms with Crippen LogP contribution in [-0.4, -0.2) is 12.8 Å². The first-order valence-electron chi connectivity index (χ1n) is 2.70. The van der Waals surface area contributed by atoms with E-state index in [0.29, 0.717) is 12.5 Å². The van der Waals surface area contributed by atoms with Crippen LogP contribution in [-0.2, 0) is 4.84 Å². The molecule has 0 amide bonds. The summed E-state index contributed by atoms with van der Waals surface area (Å²) < 4.78 is 0. The topological polar surface area (TPSA) is 21.6 Å². The van der Waals surface area contributed by atoms with E-state index in [9.17, 15) is 0 Å². The Balaban J connectivity index is 2.93. The largest absolute Gasteiger partial charge is 0.396 e. The van der Waals surface area contributed by atoms with Crippen LogP contribution < -0.4 is 0 Å². The van der Waals surface area contributed by atoms with E-state index in [1.165, 1.54) is 6.21 Å². The minimum Gasteiger partial charge on any atom is -0.396 e. The van der Waals surface area contributed by atoms with Crippen LogP contribution >= 0.6 is 0 Å². The lowest BCUT2D eigenvalue weighted by atomic mass is 10.2. The quantitative estimate of drug-likeness (QED) is 0.402. The van der Waals surface area contributed by atoms with E-state index in [1.807, 2.05) is 0 Å². The van der Waals surface area contributed by atoms with Gasteiger partial charge in [0.15, 0.2) is 0 Å². The van der Waals surface area contributed by atoms with Crippen LogP contribution in [0.25, 0.3) is 0 Å². The second-order valence-corrected chi connectivity index (χ2v) is 1.98. The molecular weight excluding hydrogens is 102 g/mol. The summed E-state index contributed by atoms with van der Waals surface area (Å²) in [7, 11) is 0. The summed E-state index contributed by atoms with van der Waals surface area (Å²) in [6.45, 7) is 8.17. The van der Waals surface area contributed by atoms with Crippen molar-refractivity contribution in [1.82, 2.24) is 0 Å². The lowest BCUT2D eigenvalue weighted by Gasteiger charge is -1.99. The van der Waals surface area contributed by atoms with Crippen molar-refractivity contribution in [1.29, 1.82) is 0 Å². The Morgan fingerprint density at radius 1 is 1.75 bits per heavy atom. The molecule has 0 saturated heterocycles. The predicted octanol–water partition coefficient (Wildman–Crippen LogP) is 1.48. The molecule has 0 aliphatic rings. The zero-order valence-corrected chi connectivity index (χ0v) is 5.42. The fourth-order valence-corrected chi connectivity index (χ4v) is 0.245. The molecule has 0 fully saturated rings. The Bertz CT molecular complexity index is 68.9. The molecule has 2 nitrogen and oxygen atoms in total. The van der Waals surface area contributed by atoms with Crippen LogP contribution in [0.5, 0.6) is 0 Å². The fraction of sp³-hybridized carbons (Fsp3) is 0.667. The zero-order valence-electron chi connectivity index (χ0n) is 5.42. The molecule has 2 heteroatoms. The first kappa shape index (κ1) is 7.47. The van der Waals surface area contributed by atoms with E-state index in [4.69, 9.17) is 4.84 Å². The predicted molar refractivity (Wildman–Crippen MR) is 34.6 cm³/mol. The highest BCUT2D eigenvalue weighted by Gasteiger charge is 1.89. The van der Waals surface area contributed by atoms with Gasteiger partial charge in [-0.2, -0.15) is 0 Å². The normalized spacial score (nSPS) is 11.0. The van der Waals surface area contributed by atoms with Gasteiger partial charge in [-0.05, 0) is 12.8 Å². The summed E-state index contributed by atoms with van der Waals surface area (Å²) >= 11 is 0. The summed E-state index contributed by atoms with van der Waals surface area (Å²) in [6.07, 6.45) is 1.39. The van der Waals surface area contributed by atoms with Crippen LogP contribution in [0, 0.1) is 12.8 Å². The summed E-state index contributed by atoms with van der Waals surface area (Å²) in [5, 5.41) is 3.48. The Kier molecular flexibility index (Phi) is 4.32. The highest BCUT2D eigenvalue weighted by atomic mass is 16.6. The third-order valence-corrected chi connectivity index (χ3v) is 0.557. The van der Waals surface area contributed by atoms with Crippen LogP contribution in [0.2, 0.25) is 0 Å². The molecule has 0 saturated carbocycles. The second kappa shape index (κ2) is 4.62. The van der Waals surface area contributed by atoms with Gasteiger partial charge in [0.1, 0.15) is 6.61 Å². The van der Waals surface area contributed by atoms with E-state index >= 15 is 0 Å². The monoisotopic (exact) mass is 114 g/mol. The van der Waals surface area contributed by atoms with E-state index in [0.717, 1.165) is 0 Å². The van der Waals surface area contributed by atoms with Crippen molar-refractivity contribution < 1.29 is 4.84 Å². The summed E-state index contributed by atoms with van der Waals surface area (Å²) in [4.78, 5) is 4.75. The van der Waals surface area contributed by atoms with Crippen LogP contribution in [0.1, 0.15) is 13.8 Å². The molecule has 0 bridgehead atoms. The number of rotatable bonds is 3. The van der Waals surface area contributed by atoms with Gasteiger partial charge >= 0.3 is 0 Å². The van der Waals surface area contributed by atoms with Gasteiger partial charge in [0.2, 0.25) is 0 Å². The molecule has 0 aromatic carbocycles. The van der Waals surface area contributed by atoms with Gasteiger partial charge < -0.3 is 4.84 Å². The van der Waals surface area contributed by atoms with Gasteiger partial charge in [-0.3, -0.25) is 0 Å². The molecule has 1 radical (unpaired) electrons. The Labute approximate surface area is 50.5 Å². The Hall–Kier alpha value is -0.530. The molecular formula is C6H12NO. The molecule has 0 rings (SSSR count). The molecule has 0 aromatic rings. The maximum atomic E-state index is 4.75. The summed E-state index contributed by atoms with van der Waals surface area (Å²) in [6, 6.07) is 0. The summed E-state index contributed by atoms with van der Waals surface area (Å²) in [5.41, 5.74) is 0. The van der Waals surface area contributed by atoms with Gasteiger partial charge in [0.25, 0.3) is 0 Å². The molecule has 0 spiro atoms. The second-order valence-electron chi connectivity index (χ2n) is 1.98. The van der Waals surface area contributed by atoms with Crippen molar-refractivity contribution >= 4 is 6.21 Å². The van der Waals surface area contributed by atoms with Crippen molar-refractivity contribution in [2.75, 3.05) is 6.61 Å². The lowest BCUT2D eigenvalue weighted by Crippen LogP contribution is -1.96. The zero-order chi connectivity index (χ0) is 6.41. The van der Waals surface area contributed by atoms with Crippen molar-refractivity contribution in [3.05, 3.63) is 6.92 Å². The van der Waals surface area contributed by atoms with E-state index < -0.39 is 0 Å². The number of nitrogens with zero attached hydrogens (tertiary/aromatic N) is 1. The fourth-order valence-electron chi connectivity index (χ4n) is 0.245. The number of hydrogen-bond donors (Lipinski definition) is 0. The van der Waals surface area contributed by atoms with Crippen molar-refractivity contribution in [2.45, 2.75) is 13.8 Å². The van der Waals surface area contributed by atoms with E-state index in [2.05, 4.69) is 25.9 Å². The average molecular weight is 114 g/mol. The molecule has 0 aliphatic heterocycles. The van der Waals surface area contributed by atoms with Crippen LogP contribution in [0.15, 0.2) is 5.16 Å². The first-order valence-corrected chi connectivity index (χ1v) is 2.70. The molecule has 8 heavy (non-hydrogen) atoms. The summed E-state index contributed by atoms with van der Waals surface area (Å²) in [5.74, 6) is 0.540. The highest BCUT2D eigenvalue weighted by molar-refractivity contribution is 5.60. The van der Waals surface area contributed by atoms with E-state index in [-0.39, 0.29) is 0 Å². The number of hydrogen-bond acceptors (Lipinski definition) is 2. The Morgan fingerprint density at radius 3 is 2.75 bits per heavy atom. The van der Waals surface area contributed by atoms with Gasteiger partial charge in [-0.15, -0.1) is 0 Å². The van der Waals surface area contributed by atoms with Crippen LogP contribution in [0.4, 0.5) is 0 Å². The van der Waals surface area contributed by atoms with Gasteiger partial charge in [0.05, 0.1) is 0 Å². The smallest absolute Gasteiger partial charge is 0.119 e. The average Bonchev–Trinajstić information content (AvgIpc) is 1.66. The van der Waals surface area contributed by atoms with Crippen molar-refractivity contribution in [2.24, 2.45) is 11.1 Å². The third kappa shape index (κ3) is 5.47. The molecule has 0 N–H and O–H groups in total. The third-order valence-electron chi connectivity index (χ3n) is 0.557. The first-order chi connectivity index (χ1) is 3.77. The van der Waals surface area contributed by atoms with Gasteiger partial charge in [0, 0.05) is 6.21 Å². The molecule has 47 valence electrons. The maximum absolute atomic E-state index is 4.75. The SMILES string of the molecule is [CH2]/C=N/OCC(C)C. The minimum absolute atomic E-state index is 0.540. The highest BCUT2D eigenvalue weighted by Crippen LogP contribution is 1.90. The maximum Gasteiger partial charge on any atom is 0.119 e. The van der Waals surface area contributed by atoms with Gasteiger partial charge in [-0.1, -0.05) is 19.0 Å². The van der Waals surface area contributed by atoms with Gasteiger partial charge in [-0.25, -0.2) is 0 Å². The molecule has 0 unspecified atom stereocenters. The van der Waals surface area contributed by atoms with Crippen molar-refractivity contribution in [3.63, 3.8) is 0 Å². The van der Waals surface area contributed by atoms with E-state index in [1.54, 1.807) is 0 Å². The molecule has 0 atom stereocenters. The molecule has 0 heterocycles. The number of oxime groups is 1. The Morgan fingerprint density at radius 2 is 2.38 bits per heavy atom. The van der Waals surface area contributed by atoms with Crippen molar-refractivity contribution in [3.8, 4) is 0 Å². The molecule has 0 aromatic heterocycles.